The van der Waals surface area contributed by atoms with Crippen LogP contribution in [0.3, 0.4) is 0 Å². The SMILES string of the molecule is CCCCn1c(N/N=C/c2ccc(OC)cc2)nc2ccccc2c1=O. The number of nitrogens with zero attached hydrogens (tertiary/aromatic N) is 3. The van der Waals surface area contributed by atoms with Crippen molar-refractivity contribution in [3.8, 4) is 5.75 Å². The quantitative estimate of drug-likeness (QED) is 0.522. The molecule has 0 saturated carbocycles. The van der Waals surface area contributed by atoms with Gasteiger partial charge in [0.2, 0.25) is 5.95 Å². The molecule has 0 fully saturated rings. The normalized spacial score (nSPS) is 11.2. The fraction of sp³-hybridized carbons (Fsp3) is 0.250. The molecule has 0 saturated heterocycles. The molecule has 3 rings (SSSR count). The predicted octanol–water partition coefficient (Wildman–Crippen LogP) is 3.65. The van der Waals surface area contributed by atoms with Crippen LogP contribution in [0, 0.1) is 0 Å². The maximum Gasteiger partial charge on any atom is 0.262 e. The van der Waals surface area contributed by atoms with Crippen molar-refractivity contribution in [2.45, 2.75) is 26.3 Å². The third-order valence-corrected chi connectivity index (χ3v) is 4.09. The molecule has 0 aliphatic carbocycles. The lowest BCUT2D eigenvalue weighted by molar-refractivity contribution is 0.415. The molecule has 3 aromatic rings. The van der Waals surface area contributed by atoms with Crippen LogP contribution in [0.1, 0.15) is 25.3 Å². The Hall–Kier alpha value is -3.15. The smallest absolute Gasteiger partial charge is 0.262 e. The third kappa shape index (κ3) is 3.91. The van der Waals surface area contributed by atoms with Gasteiger partial charge < -0.3 is 4.74 Å². The van der Waals surface area contributed by atoms with Gasteiger partial charge in [0.25, 0.3) is 5.56 Å². The first-order chi connectivity index (χ1) is 12.7. The van der Waals surface area contributed by atoms with Gasteiger partial charge in [-0.25, -0.2) is 10.4 Å². The van der Waals surface area contributed by atoms with E-state index in [-0.39, 0.29) is 5.56 Å². The van der Waals surface area contributed by atoms with Crippen molar-refractivity contribution in [1.82, 2.24) is 9.55 Å². The Morgan fingerprint density at radius 1 is 1.19 bits per heavy atom. The number of rotatable bonds is 7. The molecular weight excluding hydrogens is 328 g/mol. The largest absolute Gasteiger partial charge is 0.497 e. The number of hydrogen-bond acceptors (Lipinski definition) is 5. The molecule has 0 spiro atoms. The van der Waals surface area contributed by atoms with Crippen LogP contribution in [0.2, 0.25) is 0 Å². The fourth-order valence-corrected chi connectivity index (χ4v) is 2.63. The first-order valence-corrected chi connectivity index (χ1v) is 8.65. The van der Waals surface area contributed by atoms with E-state index < -0.39 is 0 Å². The third-order valence-electron chi connectivity index (χ3n) is 4.09. The molecule has 0 aliphatic heterocycles. The number of anilines is 1. The van der Waals surface area contributed by atoms with Gasteiger partial charge in [-0.3, -0.25) is 9.36 Å². The summed E-state index contributed by atoms with van der Waals surface area (Å²) >= 11 is 0. The number of fused-ring (bicyclic) bond motifs is 1. The molecule has 2 aromatic carbocycles. The van der Waals surface area contributed by atoms with Crippen LogP contribution in [0.4, 0.5) is 5.95 Å². The van der Waals surface area contributed by atoms with E-state index in [1.54, 1.807) is 24.0 Å². The summed E-state index contributed by atoms with van der Waals surface area (Å²) in [6.07, 6.45) is 3.58. The maximum atomic E-state index is 12.8. The minimum atomic E-state index is -0.0498. The second kappa shape index (κ2) is 8.29. The fourth-order valence-electron chi connectivity index (χ4n) is 2.63. The Bertz CT molecular complexity index is 962. The van der Waals surface area contributed by atoms with E-state index in [0.29, 0.717) is 23.4 Å². The minimum Gasteiger partial charge on any atom is -0.497 e. The lowest BCUT2D eigenvalue weighted by atomic mass is 10.2. The van der Waals surface area contributed by atoms with Gasteiger partial charge in [-0.1, -0.05) is 25.5 Å². The van der Waals surface area contributed by atoms with Crippen LogP contribution < -0.4 is 15.7 Å². The van der Waals surface area contributed by atoms with Gasteiger partial charge in [0.05, 0.1) is 24.2 Å². The zero-order valence-corrected chi connectivity index (χ0v) is 15.0. The number of nitrogens with one attached hydrogen (secondary N) is 1. The first kappa shape index (κ1) is 17.7. The van der Waals surface area contributed by atoms with E-state index in [1.807, 2.05) is 42.5 Å². The molecule has 0 amide bonds. The second-order valence-electron chi connectivity index (χ2n) is 5.91. The molecule has 134 valence electrons. The monoisotopic (exact) mass is 350 g/mol. The summed E-state index contributed by atoms with van der Waals surface area (Å²) in [6, 6.07) is 14.9. The van der Waals surface area contributed by atoms with Crippen LogP contribution in [0.5, 0.6) is 5.75 Å². The Kier molecular flexibility index (Phi) is 5.63. The first-order valence-electron chi connectivity index (χ1n) is 8.65. The van der Waals surface area contributed by atoms with Crippen molar-refractivity contribution in [3.05, 3.63) is 64.4 Å². The van der Waals surface area contributed by atoms with E-state index >= 15 is 0 Å². The molecule has 0 aliphatic rings. The summed E-state index contributed by atoms with van der Waals surface area (Å²) in [7, 11) is 1.63. The number of hydrazone groups is 1. The minimum absolute atomic E-state index is 0.0498. The lowest BCUT2D eigenvalue weighted by Crippen LogP contribution is -2.24. The van der Waals surface area contributed by atoms with Crippen molar-refractivity contribution in [3.63, 3.8) is 0 Å². The van der Waals surface area contributed by atoms with Crippen molar-refractivity contribution in [2.24, 2.45) is 5.10 Å². The molecule has 0 atom stereocenters. The molecule has 6 heteroatoms. The van der Waals surface area contributed by atoms with Gasteiger partial charge in [-0.15, -0.1) is 0 Å². The Morgan fingerprint density at radius 2 is 1.96 bits per heavy atom. The van der Waals surface area contributed by atoms with E-state index in [1.165, 1.54) is 0 Å². The topological polar surface area (TPSA) is 68.5 Å². The number of para-hydroxylation sites is 1. The number of unbranched alkanes of at least 4 members (excludes halogenated alkanes) is 1. The Morgan fingerprint density at radius 3 is 2.69 bits per heavy atom. The van der Waals surface area contributed by atoms with E-state index in [2.05, 4.69) is 22.4 Å². The van der Waals surface area contributed by atoms with Crippen molar-refractivity contribution in [2.75, 3.05) is 12.5 Å². The van der Waals surface area contributed by atoms with E-state index in [0.717, 1.165) is 24.2 Å². The molecule has 6 nitrogen and oxygen atoms in total. The predicted molar refractivity (Wildman–Crippen MR) is 105 cm³/mol. The molecule has 1 aromatic heterocycles. The highest BCUT2D eigenvalue weighted by Crippen LogP contribution is 2.13. The molecule has 0 bridgehead atoms. The van der Waals surface area contributed by atoms with E-state index in [4.69, 9.17) is 4.74 Å². The lowest BCUT2D eigenvalue weighted by Gasteiger charge is -2.12. The highest BCUT2D eigenvalue weighted by atomic mass is 16.5. The summed E-state index contributed by atoms with van der Waals surface area (Å²) < 4.78 is 6.79. The van der Waals surface area contributed by atoms with Crippen LogP contribution >= 0.6 is 0 Å². The van der Waals surface area contributed by atoms with Crippen LogP contribution in [0.15, 0.2) is 58.4 Å². The zero-order chi connectivity index (χ0) is 18.4. The average Bonchev–Trinajstić information content (AvgIpc) is 2.68. The summed E-state index contributed by atoms with van der Waals surface area (Å²) in [5.41, 5.74) is 4.45. The van der Waals surface area contributed by atoms with Crippen molar-refractivity contribution < 1.29 is 4.74 Å². The van der Waals surface area contributed by atoms with Crippen molar-refractivity contribution >= 4 is 23.1 Å². The Labute approximate surface area is 152 Å². The van der Waals surface area contributed by atoms with Crippen LogP contribution in [-0.2, 0) is 6.54 Å². The van der Waals surface area contributed by atoms with Gasteiger partial charge in [0.1, 0.15) is 5.75 Å². The maximum absolute atomic E-state index is 12.8. The zero-order valence-electron chi connectivity index (χ0n) is 15.0. The van der Waals surface area contributed by atoms with Gasteiger partial charge >= 0.3 is 0 Å². The number of benzene rings is 2. The highest BCUT2D eigenvalue weighted by molar-refractivity contribution is 5.81. The summed E-state index contributed by atoms with van der Waals surface area (Å²) in [5.74, 6) is 1.24. The average molecular weight is 350 g/mol. The molecule has 0 unspecified atom stereocenters. The molecule has 1 N–H and O–H groups in total. The van der Waals surface area contributed by atoms with Crippen LogP contribution in [0.25, 0.3) is 10.9 Å². The molecule has 1 heterocycles. The number of hydrogen-bond donors (Lipinski definition) is 1. The van der Waals surface area contributed by atoms with Gasteiger partial charge in [-0.2, -0.15) is 5.10 Å². The van der Waals surface area contributed by atoms with Gasteiger partial charge in [0.15, 0.2) is 0 Å². The summed E-state index contributed by atoms with van der Waals surface area (Å²) in [4.78, 5) is 17.3. The van der Waals surface area contributed by atoms with Gasteiger partial charge in [0, 0.05) is 6.54 Å². The summed E-state index contributed by atoms with van der Waals surface area (Å²) in [6.45, 7) is 2.70. The molecule has 0 radical (unpaired) electrons. The molecular formula is C20H22N4O2. The van der Waals surface area contributed by atoms with Gasteiger partial charge in [-0.05, 0) is 48.4 Å². The van der Waals surface area contributed by atoms with Crippen LogP contribution in [-0.4, -0.2) is 22.9 Å². The highest BCUT2D eigenvalue weighted by Gasteiger charge is 2.09. The van der Waals surface area contributed by atoms with Crippen molar-refractivity contribution in [1.29, 1.82) is 0 Å². The van der Waals surface area contributed by atoms with E-state index in [9.17, 15) is 4.79 Å². The molecule has 26 heavy (non-hydrogen) atoms. The number of aromatic nitrogens is 2. The Balaban J connectivity index is 1.89. The number of methoxy groups -OCH3 is 1. The summed E-state index contributed by atoms with van der Waals surface area (Å²) in [5, 5.41) is 4.86. The second-order valence-corrected chi connectivity index (χ2v) is 5.91. The number of ether oxygens (including phenoxy) is 1. The standard InChI is InChI=1S/C20H22N4O2/c1-3-4-13-24-19(25)17-7-5-6-8-18(17)22-20(24)23-21-14-15-9-11-16(26-2)12-10-15/h5-12,14H,3-4,13H2,1-2H3,(H,22,23)/b21-14+.